The first kappa shape index (κ1) is 18.9. The first-order valence-corrected chi connectivity index (χ1v) is 8.43. The average Bonchev–Trinajstić information content (AvgIpc) is 2.77. The highest BCUT2D eigenvalue weighted by Gasteiger charge is 2.23. The molecule has 0 radical (unpaired) electrons. The fourth-order valence-corrected chi connectivity index (χ4v) is 2.28. The van der Waals surface area contributed by atoms with Crippen molar-refractivity contribution in [2.75, 3.05) is 12.0 Å². The van der Waals surface area contributed by atoms with Crippen LogP contribution < -0.4 is 11.2 Å². The Kier molecular flexibility index (Phi) is 6.21. The van der Waals surface area contributed by atoms with Gasteiger partial charge in [-0.2, -0.15) is 10.1 Å². The smallest absolute Gasteiger partial charge is 0.436 e. The summed E-state index contributed by atoms with van der Waals surface area (Å²) in [5.41, 5.74) is 10.0. The minimum atomic E-state index is -0.923. The summed E-state index contributed by atoms with van der Waals surface area (Å²) < 4.78 is 5.17. The van der Waals surface area contributed by atoms with Crippen LogP contribution in [0.15, 0.2) is 66.9 Å². The van der Waals surface area contributed by atoms with Gasteiger partial charge in [-0.3, -0.25) is 10.2 Å². The highest BCUT2D eigenvalue weighted by Crippen LogP contribution is 2.16. The van der Waals surface area contributed by atoms with Crippen LogP contribution in [0.5, 0.6) is 0 Å². The van der Waals surface area contributed by atoms with Crippen LogP contribution >= 0.6 is 0 Å². The van der Waals surface area contributed by atoms with Crippen molar-refractivity contribution in [1.29, 1.82) is 0 Å². The summed E-state index contributed by atoms with van der Waals surface area (Å²) in [5, 5.41) is 8.30. The Morgan fingerprint density at radius 1 is 1.04 bits per heavy atom. The second kappa shape index (κ2) is 9.19. The van der Waals surface area contributed by atoms with Gasteiger partial charge in [0.05, 0.1) is 18.4 Å². The molecule has 1 heterocycles. The molecular weight excluding hydrogens is 360 g/mol. The molecule has 0 aliphatic heterocycles. The molecule has 3 rings (SSSR count). The van der Waals surface area contributed by atoms with Crippen molar-refractivity contribution in [3.05, 3.63) is 72.4 Å². The summed E-state index contributed by atoms with van der Waals surface area (Å²) in [6.45, 7) is -0.405. The van der Waals surface area contributed by atoms with E-state index in [4.69, 9.17) is 10.5 Å². The quantitative estimate of drug-likeness (QED) is 0.624. The SMILES string of the molecule is NCC(=O)N(Nc1nncc(-c2ccccc2)n1)C(=O)OCc1ccccc1. The fourth-order valence-electron chi connectivity index (χ4n) is 2.28. The highest BCUT2D eigenvalue weighted by atomic mass is 16.6. The van der Waals surface area contributed by atoms with E-state index in [2.05, 4.69) is 20.6 Å². The van der Waals surface area contributed by atoms with E-state index in [1.807, 2.05) is 48.5 Å². The number of ether oxygens (including phenoxy) is 1. The van der Waals surface area contributed by atoms with E-state index < -0.39 is 18.5 Å². The lowest BCUT2D eigenvalue weighted by atomic mass is 10.2. The molecule has 1 aromatic heterocycles. The fraction of sp³-hybridized carbons (Fsp3) is 0.105. The first-order valence-electron chi connectivity index (χ1n) is 8.43. The Morgan fingerprint density at radius 2 is 1.71 bits per heavy atom. The Hall–Kier alpha value is -3.85. The largest absolute Gasteiger partial charge is 0.443 e. The molecule has 0 spiro atoms. The molecule has 9 heteroatoms. The van der Waals surface area contributed by atoms with Crippen LogP contribution in [0.4, 0.5) is 10.7 Å². The predicted octanol–water partition coefficient (Wildman–Crippen LogP) is 1.99. The second-order valence-corrected chi connectivity index (χ2v) is 5.62. The number of amides is 2. The number of anilines is 1. The number of benzene rings is 2. The molecule has 0 bridgehead atoms. The van der Waals surface area contributed by atoms with Crippen LogP contribution in [0.1, 0.15) is 5.56 Å². The van der Waals surface area contributed by atoms with E-state index in [1.165, 1.54) is 6.20 Å². The van der Waals surface area contributed by atoms with Gasteiger partial charge < -0.3 is 10.5 Å². The molecule has 2 aromatic carbocycles. The minimum Gasteiger partial charge on any atom is -0.443 e. The molecule has 3 aromatic rings. The predicted molar refractivity (Wildman–Crippen MR) is 101 cm³/mol. The summed E-state index contributed by atoms with van der Waals surface area (Å²) >= 11 is 0. The van der Waals surface area contributed by atoms with Gasteiger partial charge in [0.25, 0.3) is 11.9 Å². The average molecular weight is 378 g/mol. The number of nitrogens with two attached hydrogens (primary N) is 1. The van der Waals surface area contributed by atoms with Crippen molar-refractivity contribution in [2.24, 2.45) is 5.73 Å². The molecule has 142 valence electrons. The zero-order valence-electron chi connectivity index (χ0n) is 14.9. The van der Waals surface area contributed by atoms with Gasteiger partial charge in [-0.05, 0) is 5.56 Å². The number of carbonyl (C=O) groups excluding carboxylic acids is 2. The van der Waals surface area contributed by atoms with Crippen LogP contribution in [0.3, 0.4) is 0 Å². The van der Waals surface area contributed by atoms with Crippen LogP contribution in [-0.4, -0.2) is 38.7 Å². The Bertz CT molecular complexity index is 937. The van der Waals surface area contributed by atoms with Crippen LogP contribution in [0.25, 0.3) is 11.3 Å². The van der Waals surface area contributed by atoms with Gasteiger partial charge in [0.2, 0.25) is 0 Å². The molecule has 0 aliphatic rings. The second-order valence-electron chi connectivity index (χ2n) is 5.62. The Morgan fingerprint density at radius 3 is 2.39 bits per heavy atom. The lowest BCUT2D eigenvalue weighted by Crippen LogP contribution is -2.45. The lowest BCUT2D eigenvalue weighted by molar-refractivity contribution is -0.127. The van der Waals surface area contributed by atoms with Crippen LogP contribution in [0.2, 0.25) is 0 Å². The number of nitrogens with zero attached hydrogens (tertiary/aromatic N) is 4. The van der Waals surface area contributed by atoms with Crippen molar-refractivity contribution in [3.63, 3.8) is 0 Å². The van der Waals surface area contributed by atoms with Gasteiger partial charge >= 0.3 is 6.09 Å². The van der Waals surface area contributed by atoms with E-state index in [1.54, 1.807) is 12.1 Å². The number of carbonyl (C=O) groups is 2. The third-order valence-corrected chi connectivity index (χ3v) is 3.65. The number of imide groups is 1. The Balaban J connectivity index is 1.74. The number of hydrogen-bond donors (Lipinski definition) is 2. The number of hydrazine groups is 1. The summed E-state index contributed by atoms with van der Waals surface area (Å²) in [7, 11) is 0. The van der Waals surface area contributed by atoms with Crippen molar-refractivity contribution in [2.45, 2.75) is 6.61 Å². The van der Waals surface area contributed by atoms with E-state index in [9.17, 15) is 9.59 Å². The molecular formula is C19H18N6O3. The summed E-state index contributed by atoms with van der Waals surface area (Å²) in [5.74, 6) is -0.744. The maximum Gasteiger partial charge on any atom is 0.436 e. The normalized spacial score (nSPS) is 10.2. The van der Waals surface area contributed by atoms with E-state index in [0.29, 0.717) is 10.7 Å². The molecule has 0 fully saturated rings. The third-order valence-electron chi connectivity index (χ3n) is 3.65. The van der Waals surface area contributed by atoms with E-state index in [0.717, 1.165) is 11.1 Å². The molecule has 0 saturated heterocycles. The molecule has 9 nitrogen and oxygen atoms in total. The van der Waals surface area contributed by atoms with Gasteiger partial charge in [-0.25, -0.2) is 9.78 Å². The highest BCUT2D eigenvalue weighted by molar-refractivity contribution is 5.94. The third kappa shape index (κ3) is 4.86. The zero-order valence-corrected chi connectivity index (χ0v) is 14.9. The maximum atomic E-state index is 12.4. The first-order chi connectivity index (χ1) is 13.7. The van der Waals surface area contributed by atoms with Gasteiger partial charge in [0.1, 0.15) is 6.61 Å². The van der Waals surface area contributed by atoms with Crippen LogP contribution in [0, 0.1) is 0 Å². The topological polar surface area (TPSA) is 123 Å². The molecule has 3 N–H and O–H groups in total. The van der Waals surface area contributed by atoms with E-state index in [-0.39, 0.29) is 12.6 Å². The van der Waals surface area contributed by atoms with Crippen molar-refractivity contribution < 1.29 is 14.3 Å². The Labute approximate surface area is 161 Å². The van der Waals surface area contributed by atoms with Crippen molar-refractivity contribution >= 4 is 17.9 Å². The summed E-state index contributed by atoms with van der Waals surface area (Å²) in [4.78, 5) is 28.7. The lowest BCUT2D eigenvalue weighted by Gasteiger charge is -2.20. The standard InChI is InChI=1S/C19H18N6O3/c20-11-17(26)25(19(27)28-13-14-7-3-1-4-8-14)24-18-22-16(12-21-23-18)15-9-5-2-6-10-15/h1-10,12H,11,13,20H2,(H,22,23,24). The molecule has 0 saturated carbocycles. The molecule has 28 heavy (non-hydrogen) atoms. The van der Waals surface area contributed by atoms with Gasteiger partial charge in [0.15, 0.2) is 0 Å². The number of rotatable bonds is 6. The van der Waals surface area contributed by atoms with Gasteiger partial charge in [-0.15, -0.1) is 5.10 Å². The van der Waals surface area contributed by atoms with Crippen LogP contribution in [-0.2, 0) is 16.1 Å². The van der Waals surface area contributed by atoms with Gasteiger partial charge in [0, 0.05) is 5.56 Å². The van der Waals surface area contributed by atoms with Crippen molar-refractivity contribution in [1.82, 2.24) is 20.2 Å². The summed E-state index contributed by atoms with van der Waals surface area (Å²) in [6, 6.07) is 18.4. The molecule has 0 unspecified atom stereocenters. The summed E-state index contributed by atoms with van der Waals surface area (Å²) in [6.07, 6.45) is 0.552. The number of hydrogen-bond acceptors (Lipinski definition) is 8. The monoisotopic (exact) mass is 378 g/mol. The van der Waals surface area contributed by atoms with Crippen molar-refractivity contribution in [3.8, 4) is 11.3 Å². The molecule has 2 amide bonds. The molecule has 0 aliphatic carbocycles. The van der Waals surface area contributed by atoms with Gasteiger partial charge in [-0.1, -0.05) is 60.7 Å². The maximum absolute atomic E-state index is 12.4. The molecule has 0 atom stereocenters. The number of nitrogens with one attached hydrogen (secondary N) is 1. The zero-order chi connectivity index (χ0) is 19.8. The number of aromatic nitrogens is 3. The minimum absolute atomic E-state index is 0.00112. The van der Waals surface area contributed by atoms with E-state index >= 15 is 0 Å².